The topological polar surface area (TPSA) is 87.7 Å². The zero-order chi connectivity index (χ0) is 14.6. The van der Waals surface area contributed by atoms with E-state index in [1.807, 2.05) is 0 Å². The minimum atomic E-state index is -0.829. The molecule has 5 nitrogen and oxygen atoms in total. The van der Waals surface area contributed by atoms with Crippen LogP contribution >= 0.6 is 11.6 Å². The Morgan fingerprint density at radius 2 is 2.16 bits per heavy atom. The maximum absolute atomic E-state index is 13.1. The van der Waals surface area contributed by atoms with Crippen molar-refractivity contribution in [1.82, 2.24) is 0 Å². The minimum Gasteiger partial charge on any atom is -0.409 e. The number of amidine groups is 1. The number of oxime groups is 1. The van der Waals surface area contributed by atoms with Gasteiger partial charge in [-0.15, -0.1) is 0 Å². The Morgan fingerprint density at radius 3 is 2.68 bits per heavy atom. The summed E-state index contributed by atoms with van der Waals surface area (Å²) in [5.41, 5.74) is 5.61. The van der Waals surface area contributed by atoms with Gasteiger partial charge < -0.3 is 16.3 Å². The number of nitrogens with zero attached hydrogens (tertiary/aromatic N) is 1. The molecule has 0 aliphatic rings. The first-order valence-corrected chi connectivity index (χ1v) is 5.98. The number of rotatable bonds is 4. The van der Waals surface area contributed by atoms with Gasteiger partial charge in [-0.25, -0.2) is 4.39 Å². The van der Waals surface area contributed by atoms with Crippen LogP contribution in [0.2, 0.25) is 5.02 Å². The van der Waals surface area contributed by atoms with Gasteiger partial charge in [0, 0.05) is 0 Å². The number of nitrogens with one attached hydrogen (secondary N) is 1. The smallest absolute Gasteiger partial charge is 0.235 e. The van der Waals surface area contributed by atoms with Crippen molar-refractivity contribution in [3.63, 3.8) is 0 Å². The van der Waals surface area contributed by atoms with Gasteiger partial charge in [-0.1, -0.05) is 30.6 Å². The van der Waals surface area contributed by atoms with Gasteiger partial charge >= 0.3 is 0 Å². The van der Waals surface area contributed by atoms with Crippen molar-refractivity contribution in [3.05, 3.63) is 29.0 Å². The van der Waals surface area contributed by atoms with Crippen LogP contribution in [0.1, 0.15) is 13.8 Å². The second kappa shape index (κ2) is 6.38. The van der Waals surface area contributed by atoms with Crippen LogP contribution in [0.25, 0.3) is 0 Å². The predicted octanol–water partition coefficient (Wildman–Crippen LogP) is 2.44. The molecular formula is C12H15ClFN3O2. The van der Waals surface area contributed by atoms with E-state index in [1.54, 1.807) is 13.8 Å². The van der Waals surface area contributed by atoms with Crippen LogP contribution in [0.5, 0.6) is 0 Å². The number of halogens is 2. The molecule has 0 radical (unpaired) electrons. The zero-order valence-corrected chi connectivity index (χ0v) is 11.3. The number of hydrogen-bond donors (Lipinski definition) is 3. The molecule has 0 bridgehead atoms. The molecule has 0 fully saturated rings. The summed E-state index contributed by atoms with van der Waals surface area (Å²) in [5, 5.41) is 14.2. The summed E-state index contributed by atoms with van der Waals surface area (Å²) in [6.45, 7) is 3.49. The number of benzene rings is 1. The van der Waals surface area contributed by atoms with E-state index in [9.17, 15) is 9.18 Å². The van der Waals surface area contributed by atoms with Crippen LogP contribution in [0, 0.1) is 17.7 Å². The maximum atomic E-state index is 13.1. The number of carbonyl (C=O) groups is 1. The van der Waals surface area contributed by atoms with Crippen molar-refractivity contribution >= 4 is 29.0 Å². The fourth-order valence-electron chi connectivity index (χ4n) is 1.64. The van der Waals surface area contributed by atoms with E-state index in [-0.39, 0.29) is 22.5 Å². The molecule has 4 N–H and O–H groups in total. The van der Waals surface area contributed by atoms with Crippen LogP contribution in [-0.4, -0.2) is 17.0 Å². The molecule has 0 saturated carbocycles. The van der Waals surface area contributed by atoms with Gasteiger partial charge in [-0.05, 0) is 24.1 Å². The molecule has 0 saturated heterocycles. The molecule has 19 heavy (non-hydrogen) atoms. The standard InChI is InChI=1S/C12H15ClFN3O2/c1-6(2)10(11(15)17-19)12(18)16-9-5-7(14)3-4-8(9)13/h3-6,10,19H,1-2H3,(H2,15,17)(H,16,18). The Hall–Kier alpha value is -1.82. The Bertz CT molecular complexity index is 506. The quantitative estimate of drug-likeness (QED) is 0.344. The van der Waals surface area contributed by atoms with Crippen LogP contribution in [-0.2, 0) is 4.79 Å². The normalized spacial score (nSPS) is 13.4. The predicted molar refractivity (Wildman–Crippen MR) is 71.8 cm³/mol. The van der Waals surface area contributed by atoms with E-state index >= 15 is 0 Å². The van der Waals surface area contributed by atoms with Gasteiger partial charge in [0.2, 0.25) is 5.91 Å². The SMILES string of the molecule is CC(C)C(C(=O)Nc1cc(F)ccc1Cl)/C(N)=N/O. The molecule has 104 valence electrons. The molecule has 1 atom stereocenters. The lowest BCUT2D eigenvalue weighted by atomic mass is 9.94. The third kappa shape index (κ3) is 3.82. The summed E-state index contributed by atoms with van der Waals surface area (Å²) < 4.78 is 13.1. The van der Waals surface area contributed by atoms with Crippen LogP contribution < -0.4 is 11.1 Å². The van der Waals surface area contributed by atoms with Gasteiger partial charge in [-0.3, -0.25) is 4.79 Å². The van der Waals surface area contributed by atoms with Crippen molar-refractivity contribution in [2.24, 2.45) is 22.7 Å². The van der Waals surface area contributed by atoms with Crippen molar-refractivity contribution in [1.29, 1.82) is 0 Å². The lowest BCUT2D eigenvalue weighted by Crippen LogP contribution is -2.38. The first-order chi connectivity index (χ1) is 8.86. The van der Waals surface area contributed by atoms with Crippen LogP contribution in [0.15, 0.2) is 23.4 Å². The van der Waals surface area contributed by atoms with Crippen molar-refractivity contribution in [2.45, 2.75) is 13.8 Å². The summed E-state index contributed by atoms with van der Waals surface area (Å²) in [6, 6.07) is 3.62. The highest BCUT2D eigenvalue weighted by molar-refractivity contribution is 6.33. The van der Waals surface area contributed by atoms with E-state index in [2.05, 4.69) is 10.5 Å². The van der Waals surface area contributed by atoms with E-state index in [0.29, 0.717) is 0 Å². The van der Waals surface area contributed by atoms with E-state index in [1.165, 1.54) is 12.1 Å². The van der Waals surface area contributed by atoms with Crippen LogP contribution in [0.4, 0.5) is 10.1 Å². The lowest BCUT2D eigenvalue weighted by Gasteiger charge is -2.19. The van der Waals surface area contributed by atoms with Crippen molar-refractivity contribution in [3.8, 4) is 0 Å². The molecule has 1 rings (SSSR count). The van der Waals surface area contributed by atoms with Gasteiger partial charge in [0.05, 0.1) is 10.7 Å². The first-order valence-electron chi connectivity index (χ1n) is 5.60. The minimum absolute atomic E-state index is 0.142. The van der Waals surface area contributed by atoms with Crippen molar-refractivity contribution < 1.29 is 14.4 Å². The average molecular weight is 288 g/mol. The van der Waals surface area contributed by atoms with Gasteiger partial charge in [-0.2, -0.15) is 0 Å². The molecule has 0 spiro atoms. The summed E-state index contributed by atoms with van der Waals surface area (Å²) in [5.74, 6) is -2.27. The molecule has 7 heteroatoms. The number of amides is 1. The first kappa shape index (κ1) is 15.2. The Kier molecular flexibility index (Phi) is 5.11. The van der Waals surface area contributed by atoms with E-state index in [4.69, 9.17) is 22.5 Å². The third-order valence-corrected chi connectivity index (χ3v) is 2.90. The van der Waals surface area contributed by atoms with Crippen LogP contribution in [0.3, 0.4) is 0 Å². The zero-order valence-electron chi connectivity index (χ0n) is 10.5. The molecule has 0 aliphatic heterocycles. The lowest BCUT2D eigenvalue weighted by molar-refractivity contribution is -0.119. The highest BCUT2D eigenvalue weighted by Gasteiger charge is 2.27. The largest absolute Gasteiger partial charge is 0.409 e. The Labute approximate surface area is 115 Å². The molecule has 0 aromatic heterocycles. The van der Waals surface area contributed by atoms with E-state index in [0.717, 1.165) is 6.07 Å². The molecule has 0 heterocycles. The highest BCUT2D eigenvalue weighted by atomic mass is 35.5. The van der Waals surface area contributed by atoms with Crippen molar-refractivity contribution in [2.75, 3.05) is 5.32 Å². The number of hydrogen-bond acceptors (Lipinski definition) is 3. The Morgan fingerprint density at radius 1 is 1.53 bits per heavy atom. The highest BCUT2D eigenvalue weighted by Crippen LogP contribution is 2.24. The summed E-state index contributed by atoms with van der Waals surface area (Å²) in [6.07, 6.45) is 0. The fraction of sp³-hybridized carbons (Fsp3) is 0.333. The van der Waals surface area contributed by atoms with E-state index < -0.39 is 17.6 Å². The monoisotopic (exact) mass is 287 g/mol. The molecular weight excluding hydrogens is 273 g/mol. The Balaban J connectivity index is 2.97. The average Bonchev–Trinajstić information content (AvgIpc) is 2.33. The molecule has 1 unspecified atom stereocenters. The second-order valence-electron chi connectivity index (χ2n) is 4.36. The van der Waals surface area contributed by atoms with Gasteiger partial charge in [0.15, 0.2) is 5.84 Å². The number of nitrogens with two attached hydrogens (primary N) is 1. The molecule has 0 aliphatic carbocycles. The molecule has 1 amide bonds. The van der Waals surface area contributed by atoms with Gasteiger partial charge in [0.25, 0.3) is 0 Å². The second-order valence-corrected chi connectivity index (χ2v) is 4.77. The molecule has 1 aromatic carbocycles. The maximum Gasteiger partial charge on any atom is 0.235 e. The summed E-state index contributed by atoms with van der Waals surface area (Å²) in [4.78, 5) is 12.1. The van der Waals surface area contributed by atoms with Gasteiger partial charge in [0.1, 0.15) is 11.7 Å². The number of anilines is 1. The summed E-state index contributed by atoms with van der Waals surface area (Å²) in [7, 11) is 0. The summed E-state index contributed by atoms with van der Waals surface area (Å²) >= 11 is 5.85. The molecule has 1 aromatic rings. The third-order valence-electron chi connectivity index (χ3n) is 2.57. The number of carbonyl (C=O) groups excluding carboxylic acids is 1. The fourth-order valence-corrected chi connectivity index (χ4v) is 1.81.